The Morgan fingerprint density at radius 2 is 1.91 bits per heavy atom. The van der Waals surface area contributed by atoms with Crippen molar-refractivity contribution in [2.24, 2.45) is 5.92 Å². The molecule has 0 radical (unpaired) electrons. The van der Waals surface area contributed by atoms with E-state index in [1.807, 2.05) is 12.1 Å². The molecule has 0 bridgehead atoms. The molecule has 1 N–H and O–H groups in total. The highest BCUT2D eigenvalue weighted by atomic mass is 16.5. The Bertz CT molecular complexity index is 449. The lowest BCUT2D eigenvalue weighted by atomic mass is 9.88. The van der Waals surface area contributed by atoms with Crippen LogP contribution in [0.15, 0.2) is 24.3 Å². The minimum Gasteiger partial charge on any atom is -0.488 e. The Hall–Kier alpha value is -1.06. The van der Waals surface area contributed by atoms with Crippen molar-refractivity contribution in [2.45, 2.75) is 58.7 Å². The van der Waals surface area contributed by atoms with Crippen molar-refractivity contribution in [1.82, 2.24) is 4.90 Å². The number of hydrogen-bond donors (Lipinski definition) is 1. The molecule has 2 unspecified atom stereocenters. The highest BCUT2D eigenvalue weighted by molar-refractivity contribution is 5.28. The first-order chi connectivity index (χ1) is 10.4. The number of hydrogen-bond acceptors (Lipinski definition) is 3. The number of nitrogens with zero attached hydrogens (tertiary/aromatic N) is 1. The molecule has 1 saturated heterocycles. The normalized spacial score (nSPS) is 23.5. The lowest BCUT2D eigenvalue weighted by molar-refractivity contribution is 0.0270. The number of rotatable bonds is 5. The van der Waals surface area contributed by atoms with E-state index in [0.717, 1.165) is 38.2 Å². The number of piperidine rings is 1. The van der Waals surface area contributed by atoms with Crippen LogP contribution in [0, 0.1) is 5.92 Å². The van der Waals surface area contributed by atoms with E-state index < -0.39 is 0 Å². The third-order valence-electron chi connectivity index (χ3n) is 4.16. The van der Waals surface area contributed by atoms with Crippen molar-refractivity contribution < 1.29 is 9.84 Å². The maximum absolute atomic E-state index is 10.3. The molecule has 0 aromatic heterocycles. The summed E-state index contributed by atoms with van der Waals surface area (Å²) in [5.41, 5.74) is 1.12. The van der Waals surface area contributed by atoms with Gasteiger partial charge in [0.25, 0.3) is 0 Å². The van der Waals surface area contributed by atoms with Gasteiger partial charge in [0.1, 0.15) is 11.4 Å². The standard InChI is InChI=1S/C19H31NO2/c1-5-11-20-12-10-18(21)16(14-20)13-15-6-8-17(9-7-15)22-19(2,3)4/h6-9,16,18,21H,5,10-14H2,1-4H3. The Kier molecular flexibility index (Phi) is 5.87. The lowest BCUT2D eigenvalue weighted by Gasteiger charge is -2.36. The Morgan fingerprint density at radius 3 is 2.50 bits per heavy atom. The van der Waals surface area contributed by atoms with Crippen molar-refractivity contribution in [2.75, 3.05) is 19.6 Å². The van der Waals surface area contributed by atoms with Crippen molar-refractivity contribution >= 4 is 0 Å². The second kappa shape index (κ2) is 7.47. The molecule has 1 aromatic rings. The Balaban J connectivity index is 1.94. The zero-order valence-corrected chi connectivity index (χ0v) is 14.5. The highest BCUT2D eigenvalue weighted by Gasteiger charge is 2.27. The lowest BCUT2D eigenvalue weighted by Crippen LogP contribution is -2.44. The van der Waals surface area contributed by atoms with Crippen molar-refractivity contribution in [3.8, 4) is 5.75 Å². The summed E-state index contributed by atoms with van der Waals surface area (Å²) in [7, 11) is 0. The molecule has 1 heterocycles. The van der Waals surface area contributed by atoms with E-state index in [2.05, 4.69) is 44.7 Å². The average molecular weight is 305 g/mol. The first-order valence-corrected chi connectivity index (χ1v) is 8.56. The minimum atomic E-state index is -0.168. The predicted octanol–water partition coefficient (Wildman–Crippen LogP) is 3.50. The quantitative estimate of drug-likeness (QED) is 0.904. The van der Waals surface area contributed by atoms with Crippen molar-refractivity contribution in [3.05, 3.63) is 29.8 Å². The molecular formula is C19H31NO2. The van der Waals surface area contributed by atoms with E-state index in [1.54, 1.807) is 0 Å². The van der Waals surface area contributed by atoms with Gasteiger partial charge in [-0.05, 0) is 64.3 Å². The zero-order chi connectivity index (χ0) is 16.2. The molecule has 3 heteroatoms. The fourth-order valence-electron chi connectivity index (χ4n) is 3.16. The van der Waals surface area contributed by atoms with E-state index in [9.17, 15) is 5.11 Å². The fourth-order valence-corrected chi connectivity index (χ4v) is 3.16. The number of ether oxygens (including phenoxy) is 1. The van der Waals surface area contributed by atoms with Crippen LogP contribution in [-0.4, -0.2) is 41.3 Å². The monoisotopic (exact) mass is 305 g/mol. The van der Waals surface area contributed by atoms with Gasteiger partial charge in [0.05, 0.1) is 6.10 Å². The maximum Gasteiger partial charge on any atom is 0.120 e. The van der Waals surface area contributed by atoms with Gasteiger partial charge < -0.3 is 14.7 Å². The first kappa shape index (κ1) is 17.3. The van der Waals surface area contributed by atoms with Crippen LogP contribution in [0.2, 0.25) is 0 Å². The van der Waals surface area contributed by atoms with Crippen LogP contribution in [0.1, 0.15) is 46.1 Å². The van der Waals surface area contributed by atoms with Crippen LogP contribution in [-0.2, 0) is 6.42 Å². The molecule has 1 aromatic carbocycles. The first-order valence-electron chi connectivity index (χ1n) is 8.56. The predicted molar refractivity (Wildman–Crippen MR) is 91.4 cm³/mol. The molecule has 22 heavy (non-hydrogen) atoms. The molecule has 2 atom stereocenters. The molecule has 1 aliphatic heterocycles. The molecule has 0 aliphatic carbocycles. The molecule has 2 rings (SSSR count). The molecule has 0 spiro atoms. The second-order valence-corrected chi connectivity index (χ2v) is 7.48. The molecule has 0 amide bonds. The molecular weight excluding hydrogens is 274 g/mol. The topological polar surface area (TPSA) is 32.7 Å². The minimum absolute atomic E-state index is 0.165. The molecule has 1 fully saturated rings. The Labute approximate surface area is 135 Å². The third kappa shape index (κ3) is 5.29. The van der Waals surface area contributed by atoms with E-state index in [-0.39, 0.29) is 11.7 Å². The largest absolute Gasteiger partial charge is 0.488 e. The third-order valence-corrected chi connectivity index (χ3v) is 4.16. The van der Waals surface area contributed by atoms with Crippen LogP contribution in [0.25, 0.3) is 0 Å². The number of aliphatic hydroxyl groups is 1. The van der Waals surface area contributed by atoms with E-state index in [4.69, 9.17) is 4.74 Å². The van der Waals surface area contributed by atoms with Gasteiger partial charge in [0, 0.05) is 19.0 Å². The summed E-state index contributed by atoms with van der Waals surface area (Å²) < 4.78 is 5.86. The maximum atomic E-state index is 10.3. The van der Waals surface area contributed by atoms with Crippen molar-refractivity contribution in [1.29, 1.82) is 0 Å². The van der Waals surface area contributed by atoms with Gasteiger partial charge in [-0.3, -0.25) is 0 Å². The van der Waals surface area contributed by atoms with Gasteiger partial charge in [0.15, 0.2) is 0 Å². The van der Waals surface area contributed by atoms with Crippen LogP contribution < -0.4 is 4.74 Å². The number of likely N-dealkylation sites (tertiary alicyclic amines) is 1. The smallest absolute Gasteiger partial charge is 0.120 e. The van der Waals surface area contributed by atoms with Gasteiger partial charge in [-0.1, -0.05) is 19.1 Å². The van der Waals surface area contributed by atoms with Crippen molar-refractivity contribution in [3.63, 3.8) is 0 Å². The zero-order valence-electron chi connectivity index (χ0n) is 14.5. The van der Waals surface area contributed by atoms with Gasteiger partial charge in [0.2, 0.25) is 0 Å². The van der Waals surface area contributed by atoms with Gasteiger partial charge >= 0.3 is 0 Å². The van der Waals surface area contributed by atoms with E-state index in [1.165, 1.54) is 12.0 Å². The summed E-state index contributed by atoms with van der Waals surface area (Å²) >= 11 is 0. The highest BCUT2D eigenvalue weighted by Crippen LogP contribution is 2.24. The number of aliphatic hydroxyl groups excluding tert-OH is 1. The average Bonchev–Trinajstić information content (AvgIpc) is 2.43. The van der Waals surface area contributed by atoms with Crippen LogP contribution in [0.5, 0.6) is 5.75 Å². The summed E-state index contributed by atoms with van der Waals surface area (Å²) in [5.74, 6) is 1.25. The SMILES string of the molecule is CCCN1CCC(O)C(Cc2ccc(OC(C)(C)C)cc2)C1. The van der Waals surface area contributed by atoms with Crippen LogP contribution in [0.3, 0.4) is 0 Å². The summed E-state index contributed by atoms with van der Waals surface area (Å²) in [4.78, 5) is 2.48. The van der Waals surface area contributed by atoms with E-state index >= 15 is 0 Å². The molecule has 1 aliphatic rings. The molecule has 124 valence electrons. The van der Waals surface area contributed by atoms with Gasteiger partial charge in [-0.2, -0.15) is 0 Å². The van der Waals surface area contributed by atoms with Crippen LogP contribution in [0.4, 0.5) is 0 Å². The van der Waals surface area contributed by atoms with Crippen LogP contribution >= 0.6 is 0 Å². The number of benzene rings is 1. The van der Waals surface area contributed by atoms with Gasteiger partial charge in [-0.15, -0.1) is 0 Å². The molecule has 0 saturated carbocycles. The Morgan fingerprint density at radius 1 is 1.23 bits per heavy atom. The summed E-state index contributed by atoms with van der Waals surface area (Å²) in [5, 5.41) is 10.3. The summed E-state index contributed by atoms with van der Waals surface area (Å²) in [6, 6.07) is 8.35. The van der Waals surface area contributed by atoms with E-state index in [0.29, 0.717) is 5.92 Å². The van der Waals surface area contributed by atoms with Gasteiger partial charge in [-0.25, -0.2) is 0 Å². The second-order valence-electron chi connectivity index (χ2n) is 7.48. The summed E-state index contributed by atoms with van der Waals surface area (Å²) in [6.07, 6.45) is 2.85. The summed E-state index contributed by atoms with van der Waals surface area (Å²) in [6.45, 7) is 11.6. The molecule has 3 nitrogen and oxygen atoms in total. The fraction of sp³-hybridized carbons (Fsp3) is 0.684.